The molecule has 0 radical (unpaired) electrons. The van der Waals surface area contributed by atoms with E-state index in [1.54, 1.807) is 24.3 Å². The predicted octanol–water partition coefficient (Wildman–Crippen LogP) is 9.18. The fraction of sp³-hybridized carbons (Fsp3) is 0.102. The molecule has 67 heavy (non-hydrogen) atoms. The van der Waals surface area contributed by atoms with Gasteiger partial charge in [0.05, 0.1) is 16.9 Å². The fourth-order valence-electron chi connectivity index (χ4n) is 7.03. The molecule has 7 rings (SSSR count). The number of hydrogen-bond donors (Lipinski definition) is 0. The number of hydrogen-bond acceptors (Lipinski definition) is 9. The van der Waals surface area contributed by atoms with E-state index in [1.807, 2.05) is 25.1 Å². The summed E-state index contributed by atoms with van der Waals surface area (Å²) >= 11 is 0. The van der Waals surface area contributed by atoms with Crippen molar-refractivity contribution >= 4 is 20.0 Å². The molecule has 0 saturated carbocycles. The molecular weight excluding hydrogens is 950 g/mol. The van der Waals surface area contributed by atoms with Crippen LogP contribution in [0.4, 0.5) is 26.3 Å². The van der Waals surface area contributed by atoms with E-state index in [0.29, 0.717) is 41.1 Å². The van der Waals surface area contributed by atoms with Gasteiger partial charge in [0.2, 0.25) is 15.3 Å². The second-order valence-corrected chi connectivity index (χ2v) is 17.8. The van der Waals surface area contributed by atoms with Crippen LogP contribution in [0.1, 0.15) is 22.3 Å². The average molecular weight is 983 g/mol. The Labute approximate surface area is 424 Å². The van der Waals surface area contributed by atoms with Gasteiger partial charge in [0, 0.05) is 17.2 Å². The second-order valence-electron chi connectivity index (χ2n) is 14.5. The van der Waals surface area contributed by atoms with Crippen molar-refractivity contribution in [1.82, 2.24) is 0 Å². The molecule has 0 saturated heterocycles. The van der Waals surface area contributed by atoms with Crippen molar-refractivity contribution in [1.29, 1.82) is 0 Å². The molecule has 7 aromatic carbocycles. The van der Waals surface area contributed by atoms with Crippen molar-refractivity contribution in [2.24, 2.45) is 0 Å². The third kappa shape index (κ3) is 10.7. The molecule has 0 N–H and O–H groups in total. The smallest absolute Gasteiger partial charge is 0.744 e. The monoisotopic (exact) mass is 982 g/mol. The van der Waals surface area contributed by atoms with E-state index in [4.69, 9.17) is 25.4 Å². The van der Waals surface area contributed by atoms with Gasteiger partial charge in [-0.05, 0) is 133 Å². The topological polar surface area (TPSA) is 128 Å². The van der Waals surface area contributed by atoms with Crippen molar-refractivity contribution in [2.75, 3.05) is 7.11 Å². The summed E-state index contributed by atoms with van der Waals surface area (Å²) in [5, 5.41) is 0. The molecule has 0 aliphatic rings. The Balaban J connectivity index is 0.00000741. The molecule has 0 spiro atoms. The normalized spacial score (nSPS) is 12.1. The van der Waals surface area contributed by atoms with Gasteiger partial charge >= 0.3 is 63.7 Å². The molecule has 0 amide bonds. The van der Waals surface area contributed by atoms with Crippen LogP contribution in [0.3, 0.4) is 0 Å². The maximum Gasteiger partial charge on any atom is 1.00 e. The van der Waals surface area contributed by atoms with E-state index in [9.17, 15) is 47.7 Å². The minimum atomic E-state index is -5.81. The zero-order chi connectivity index (χ0) is 47.7. The SMILES string of the molecule is C#Cc1ccc(-c2cc(C)ccc2Oc2ccc(Oc3ccc(S(=O)(=O)c4ccc(Oc5ccc(C(c6ccc(OC)cc6)(C(F)(F)F)C(F)(F)F)cc5)cc4)cc3)c(S(=O)(=O)[O-])c2)cc1.[K+]. The molecule has 0 atom stereocenters. The minimum Gasteiger partial charge on any atom is -0.744 e. The van der Waals surface area contributed by atoms with Gasteiger partial charge in [0.25, 0.3) is 0 Å². The number of alkyl halides is 6. The summed E-state index contributed by atoms with van der Waals surface area (Å²) in [6.07, 6.45) is -6.13. The van der Waals surface area contributed by atoms with E-state index in [2.05, 4.69) is 5.92 Å². The van der Waals surface area contributed by atoms with Crippen LogP contribution < -0.4 is 70.3 Å². The van der Waals surface area contributed by atoms with Gasteiger partial charge in [-0.15, -0.1) is 6.42 Å². The van der Waals surface area contributed by atoms with Crippen LogP contribution in [-0.4, -0.2) is 40.9 Å². The Morgan fingerprint density at radius 2 is 0.970 bits per heavy atom. The number of rotatable bonds is 13. The number of methoxy groups -OCH3 is 1. The van der Waals surface area contributed by atoms with E-state index < -0.39 is 53.7 Å². The summed E-state index contributed by atoms with van der Waals surface area (Å²) in [6.45, 7) is 1.89. The zero-order valence-corrected chi connectivity index (χ0v) is 40.1. The van der Waals surface area contributed by atoms with Gasteiger partial charge in [-0.2, -0.15) is 26.3 Å². The molecular formula is C49H33F6KO9S2. The molecule has 0 aromatic heterocycles. The molecule has 0 bridgehead atoms. The number of benzene rings is 7. The Kier molecular flexibility index (Phi) is 15.1. The summed E-state index contributed by atoms with van der Waals surface area (Å²) in [7, 11) is -8.11. The molecule has 338 valence electrons. The predicted molar refractivity (Wildman–Crippen MR) is 230 cm³/mol. The number of halogens is 6. The molecule has 9 nitrogen and oxygen atoms in total. The molecule has 0 unspecified atom stereocenters. The standard InChI is InChI=1S/C49H34F6O9S2.K/c1-4-32-6-8-33(9-7-32)43-29-31(2)5-27-44(43)64-40-22-28-45(46(30-40)66(58,59)60)63-39-20-25-42(26-21-39)65(56,57)41-23-18-38(19-24-41)62-37-16-12-35(13-17-37)47(48(50,51)52,49(53,54)55)34-10-14-36(61-3)15-11-34;/h1,5-30H,2-3H3,(H,58,59,60);/q;+1/p-1. The van der Waals surface area contributed by atoms with Gasteiger partial charge < -0.3 is 23.5 Å². The molecule has 0 fully saturated rings. The van der Waals surface area contributed by atoms with E-state index >= 15 is 0 Å². The van der Waals surface area contributed by atoms with Crippen molar-refractivity contribution < 1.29 is 118 Å². The van der Waals surface area contributed by atoms with Gasteiger partial charge in [-0.25, -0.2) is 16.8 Å². The van der Waals surface area contributed by atoms with Crippen LogP contribution in [0.25, 0.3) is 11.1 Å². The molecule has 0 aliphatic carbocycles. The summed E-state index contributed by atoms with van der Waals surface area (Å²) in [4.78, 5) is -1.17. The van der Waals surface area contributed by atoms with Crippen molar-refractivity contribution in [2.45, 2.75) is 39.4 Å². The Morgan fingerprint density at radius 1 is 0.537 bits per heavy atom. The molecule has 0 aliphatic heterocycles. The van der Waals surface area contributed by atoms with Crippen molar-refractivity contribution in [3.05, 3.63) is 180 Å². The first-order valence-electron chi connectivity index (χ1n) is 19.3. The summed E-state index contributed by atoms with van der Waals surface area (Å²) < 4.78 is 174. The van der Waals surface area contributed by atoms with E-state index in [1.165, 1.54) is 67.8 Å². The van der Waals surface area contributed by atoms with Crippen LogP contribution in [0.5, 0.6) is 40.2 Å². The first-order valence-corrected chi connectivity index (χ1v) is 22.2. The fourth-order valence-corrected chi connectivity index (χ4v) is 8.91. The zero-order valence-electron chi connectivity index (χ0n) is 35.3. The Bertz CT molecular complexity index is 3140. The first-order chi connectivity index (χ1) is 31.1. The van der Waals surface area contributed by atoms with Crippen LogP contribution in [-0.2, 0) is 25.4 Å². The number of ether oxygens (including phenoxy) is 4. The third-order valence-corrected chi connectivity index (χ3v) is 12.9. The van der Waals surface area contributed by atoms with Crippen LogP contribution in [0.15, 0.2) is 172 Å². The van der Waals surface area contributed by atoms with Crippen molar-refractivity contribution in [3.63, 3.8) is 0 Å². The first kappa shape index (κ1) is 50.8. The largest absolute Gasteiger partial charge is 1.00 e. The second kappa shape index (κ2) is 19.9. The van der Waals surface area contributed by atoms with Gasteiger partial charge in [-0.1, -0.05) is 53.9 Å². The maximum atomic E-state index is 14.6. The Morgan fingerprint density at radius 3 is 1.43 bits per heavy atom. The third-order valence-electron chi connectivity index (χ3n) is 10.3. The number of terminal acetylenes is 1. The molecule has 7 aromatic rings. The van der Waals surface area contributed by atoms with Gasteiger partial charge in [0.15, 0.2) is 0 Å². The maximum absolute atomic E-state index is 14.6. The summed E-state index contributed by atoms with van der Waals surface area (Å²) in [5.41, 5.74) is -3.55. The number of sulfone groups is 1. The Hall–Kier alpha value is -5.62. The van der Waals surface area contributed by atoms with Crippen LogP contribution in [0.2, 0.25) is 0 Å². The quantitative estimate of drug-likeness (QED) is 0.0481. The summed E-state index contributed by atoms with van der Waals surface area (Å²) in [5.74, 6) is 2.47. The van der Waals surface area contributed by atoms with Crippen molar-refractivity contribution in [3.8, 4) is 63.7 Å². The number of aryl methyl sites for hydroxylation is 1. The van der Waals surface area contributed by atoms with Crippen LogP contribution in [0, 0.1) is 19.3 Å². The molecule has 18 heteroatoms. The van der Waals surface area contributed by atoms with Gasteiger partial charge in [-0.3, -0.25) is 0 Å². The minimum absolute atomic E-state index is 0. The summed E-state index contributed by atoms with van der Waals surface area (Å²) in [6, 6.07) is 32.4. The van der Waals surface area contributed by atoms with E-state index in [-0.39, 0.29) is 95.7 Å². The average Bonchev–Trinajstić information content (AvgIpc) is 3.27. The van der Waals surface area contributed by atoms with E-state index in [0.717, 1.165) is 41.5 Å². The molecule has 0 heterocycles. The van der Waals surface area contributed by atoms with Crippen LogP contribution >= 0.6 is 0 Å². The van der Waals surface area contributed by atoms with Gasteiger partial charge in [0.1, 0.15) is 55.3 Å².